The first-order valence-electron chi connectivity index (χ1n) is 15.1. The number of primary amides is 1. The van der Waals surface area contributed by atoms with Crippen LogP contribution in [-0.4, -0.2) is 97.2 Å². The molecule has 5 N–H and O–H groups in total. The molecule has 10 heteroatoms. The molecule has 3 aliphatic heterocycles. The summed E-state index contributed by atoms with van der Waals surface area (Å²) in [5.74, 6) is 0.518. The summed E-state index contributed by atoms with van der Waals surface area (Å²) in [5.41, 5.74) is 9.99. The highest BCUT2D eigenvalue weighted by atomic mass is 16.1. The number of hydrogen-bond donors (Lipinski definition) is 4. The van der Waals surface area contributed by atoms with Crippen LogP contribution in [0.4, 0.5) is 23.0 Å². The molecule has 0 bridgehead atoms. The molecule has 3 aliphatic rings. The van der Waals surface area contributed by atoms with Crippen molar-refractivity contribution in [2.75, 3.05) is 74.9 Å². The van der Waals surface area contributed by atoms with Crippen LogP contribution in [-0.2, 0) is 6.42 Å². The number of carbonyl (C=O) groups is 1. The van der Waals surface area contributed by atoms with Crippen molar-refractivity contribution in [1.29, 1.82) is 0 Å². The van der Waals surface area contributed by atoms with E-state index >= 15 is 0 Å². The number of piperidine rings is 2. The number of piperazine rings is 1. The van der Waals surface area contributed by atoms with Gasteiger partial charge in [0.2, 0.25) is 0 Å². The minimum atomic E-state index is -0.582. The fourth-order valence-corrected chi connectivity index (χ4v) is 6.32. The number of nitrogens with one attached hydrogen (secondary N) is 3. The Bertz CT molecular complexity index is 1150. The van der Waals surface area contributed by atoms with Gasteiger partial charge in [-0.15, -0.1) is 0 Å². The SMILES string of the molecule is CCc1nc(C(N)=O)c(Nc2ccc(N3CCC(N4CCN(C)CC4)CC3)c(C)c2)nc1NC[C@@H]1CCCCN1. The van der Waals surface area contributed by atoms with Gasteiger partial charge in [0.25, 0.3) is 5.91 Å². The number of aryl methyl sites for hydroxylation is 2. The summed E-state index contributed by atoms with van der Waals surface area (Å²) in [6.45, 7) is 12.9. The fraction of sp³-hybridized carbons (Fsp3) is 0.633. The number of likely N-dealkylation sites (N-methyl/N-ethyl adjacent to an activating group) is 1. The fourth-order valence-electron chi connectivity index (χ4n) is 6.32. The second-order valence-corrected chi connectivity index (χ2v) is 11.6. The Morgan fingerprint density at radius 3 is 2.48 bits per heavy atom. The van der Waals surface area contributed by atoms with Gasteiger partial charge >= 0.3 is 0 Å². The van der Waals surface area contributed by atoms with Gasteiger partial charge in [0, 0.05) is 69.3 Å². The third kappa shape index (κ3) is 6.85. The van der Waals surface area contributed by atoms with Crippen LogP contribution < -0.4 is 26.6 Å². The first-order valence-corrected chi connectivity index (χ1v) is 15.1. The molecule has 1 aromatic heterocycles. The van der Waals surface area contributed by atoms with Crippen molar-refractivity contribution >= 4 is 28.9 Å². The van der Waals surface area contributed by atoms with E-state index in [2.05, 4.69) is 67.8 Å². The van der Waals surface area contributed by atoms with E-state index < -0.39 is 5.91 Å². The summed E-state index contributed by atoms with van der Waals surface area (Å²) in [6.07, 6.45) is 6.68. The van der Waals surface area contributed by atoms with Crippen molar-refractivity contribution in [2.24, 2.45) is 5.73 Å². The molecular formula is C30H47N9O. The summed E-state index contributed by atoms with van der Waals surface area (Å²) < 4.78 is 0. The van der Waals surface area contributed by atoms with E-state index in [0.29, 0.717) is 30.1 Å². The molecule has 0 spiro atoms. The molecular weight excluding hydrogens is 502 g/mol. The van der Waals surface area contributed by atoms with Crippen LogP contribution in [0.3, 0.4) is 0 Å². The average molecular weight is 550 g/mol. The van der Waals surface area contributed by atoms with Gasteiger partial charge in [-0.3, -0.25) is 9.69 Å². The molecule has 1 amide bonds. The van der Waals surface area contributed by atoms with E-state index in [1.807, 2.05) is 6.92 Å². The molecule has 4 heterocycles. The van der Waals surface area contributed by atoms with Gasteiger partial charge in [-0.25, -0.2) is 9.97 Å². The van der Waals surface area contributed by atoms with Crippen LogP contribution in [0, 0.1) is 6.92 Å². The Hall–Kier alpha value is -2.95. The van der Waals surface area contributed by atoms with Crippen LogP contribution in [0.1, 0.15) is 60.8 Å². The van der Waals surface area contributed by atoms with E-state index in [9.17, 15) is 4.79 Å². The van der Waals surface area contributed by atoms with E-state index in [0.717, 1.165) is 44.0 Å². The zero-order valence-corrected chi connectivity index (χ0v) is 24.5. The monoisotopic (exact) mass is 549 g/mol. The molecule has 1 aromatic carbocycles. The van der Waals surface area contributed by atoms with Gasteiger partial charge in [0.1, 0.15) is 5.82 Å². The molecule has 3 fully saturated rings. The van der Waals surface area contributed by atoms with Crippen molar-refractivity contribution in [3.05, 3.63) is 35.2 Å². The second-order valence-electron chi connectivity index (χ2n) is 11.6. The third-order valence-electron chi connectivity index (χ3n) is 8.78. The second kappa shape index (κ2) is 13.1. The predicted molar refractivity (Wildman–Crippen MR) is 163 cm³/mol. The number of amides is 1. The van der Waals surface area contributed by atoms with Gasteiger partial charge in [0.15, 0.2) is 11.5 Å². The van der Waals surface area contributed by atoms with Crippen LogP contribution in [0.2, 0.25) is 0 Å². The van der Waals surface area contributed by atoms with Crippen LogP contribution in [0.15, 0.2) is 18.2 Å². The van der Waals surface area contributed by atoms with Gasteiger partial charge < -0.3 is 31.5 Å². The number of nitrogens with two attached hydrogens (primary N) is 1. The maximum atomic E-state index is 12.3. The highest BCUT2D eigenvalue weighted by Gasteiger charge is 2.27. The molecule has 2 aromatic rings. The first kappa shape index (κ1) is 28.6. The standard InChI is InChI=1S/C30H47N9O/c1-4-25-29(33-20-23-7-5-6-12-32-23)36-30(27(35-25)28(31)40)34-22-8-9-26(21(2)19-22)39-13-10-24(11-14-39)38-17-15-37(3)16-18-38/h8-9,19,23-24,32H,4-7,10-18,20H2,1-3H3,(H2,31,40)(H2,33,34,36)/t23-/m0/s1. The third-order valence-corrected chi connectivity index (χ3v) is 8.78. The smallest absolute Gasteiger partial charge is 0.271 e. The number of nitrogens with zero attached hydrogens (tertiary/aromatic N) is 5. The number of hydrogen-bond acceptors (Lipinski definition) is 9. The Balaban J connectivity index is 1.26. The van der Waals surface area contributed by atoms with Crippen molar-refractivity contribution in [3.8, 4) is 0 Å². The van der Waals surface area contributed by atoms with Crippen molar-refractivity contribution < 1.29 is 4.79 Å². The lowest BCUT2D eigenvalue weighted by Gasteiger charge is -2.43. The van der Waals surface area contributed by atoms with Gasteiger partial charge in [-0.1, -0.05) is 13.3 Å². The van der Waals surface area contributed by atoms with Gasteiger partial charge in [-0.05, 0) is 76.4 Å². The lowest BCUT2D eigenvalue weighted by atomic mass is 10.0. The van der Waals surface area contributed by atoms with E-state index in [1.54, 1.807) is 0 Å². The summed E-state index contributed by atoms with van der Waals surface area (Å²) in [7, 11) is 2.22. The Kier molecular flexibility index (Phi) is 9.39. The number of rotatable bonds is 9. The summed E-state index contributed by atoms with van der Waals surface area (Å²) in [5, 5.41) is 10.4. The molecule has 218 valence electrons. The van der Waals surface area contributed by atoms with Gasteiger partial charge in [0.05, 0.1) is 5.69 Å². The molecule has 1 atom stereocenters. The topological polar surface area (TPSA) is 115 Å². The van der Waals surface area contributed by atoms with Crippen molar-refractivity contribution in [1.82, 2.24) is 25.1 Å². The van der Waals surface area contributed by atoms with E-state index in [-0.39, 0.29) is 5.69 Å². The van der Waals surface area contributed by atoms with Crippen LogP contribution in [0.25, 0.3) is 0 Å². The predicted octanol–water partition coefficient (Wildman–Crippen LogP) is 2.96. The highest BCUT2D eigenvalue weighted by Crippen LogP contribution is 2.30. The lowest BCUT2D eigenvalue weighted by molar-refractivity contribution is 0.0982. The molecule has 0 aliphatic carbocycles. The Morgan fingerprint density at radius 1 is 1.05 bits per heavy atom. The Labute approximate surface area is 239 Å². The minimum absolute atomic E-state index is 0.172. The lowest BCUT2D eigenvalue weighted by Crippen LogP contribution is -2.52. The summed E-state index contributed by atoms with van der Waals surface area (Å²) in [6, 6.07) is 7.48. The maximum Gasteiger partial charge on any atom is 0.271 e. The molecule has 0 unspecified atom stereocenters. The summed E-state index contributed by atoms with van der Waals surface area (Å²) >= 11 is 0. The largest absolute Gasteiger partial charge is 0.371 e. The molecule has 3 saturated heterocycles. The number of carbonyl (C=O) groups excluding carboxylic acids is 1. The normalized spacial score (nSPS) is 21.4. The van der Waals surface area contributed by atoms with Crippen LogP contribution in [0.5, 0.6) is 0 Å². The quantitative estimate of drug-likeness (QED) is 0.375. The molecule has 0 saturated carbocycles. The highest BCUT2D eigenvalue weighted by molar-refractivity contribution is 5.96. The van der Waals surface area contributed by atoms with E-state index in [1.165, 1.54) is 63.1 Å². The zero-order valence-electron chi connectivity index (χ0n) is 24.5. The minimum Gasteiger partial charge on any atom is -0.371 e. The Morgan fingerprint density at radius 2 is 1.82 bits per heavy atom. The average Bonchev–Trinajstić information content (AvgIpc) is 2.97. The van der Waals surface area contributed by atoms with Crippen LogP contribution >= 0.6 is 0 Å². The molecule has 10 nitrogen and oxygen atoms in total. The van der Waals surface area contributed by atoms with E-state index in [4.69, 9.17) is 10.7 Å². The zero-order chi connectivity index (χ0) is 28.1. The molecule has 40 heavy (non-hydrogen) atoms. The number of anilines is 4. The van der Waals surface area contributed by atoms with Crippen molar-refractivity contribution in [2.45, 2.75) is 64.5 Å². The molecule has 0 radical (unpaired) electrons. The maximum absolute atomic E-state index is 12.3. The summed E-state index contributed by atoms with van der Waals surface area (Å²) in [4.78, 5) is 29.4. The molecule has 5 rings (SSSR count). The van der Waals surface area contributed by atoms with Gasteiger partial charge in [-0.2, -0.15) is 0 Å². The number of benzene rings is 1. The van der Waals surface area contributed by atoms with Crippen molar-refractivity contribution in [3.63, 3.8) is 0 Å². The first-order chi connectivity index (χ1) is 19.4. The number of aromatic nitrogens is 2.